The van der Waals surface area contributed by atoms with Crippen molar-refractivity contribution in [1.82, 2.24) is 15.2 Å². The summed E-state index contributed by atoms with van der Waals surface area (Å²) in [5.41, 5.74) is 1.15. The van der Waals surface area contributed by atoms with E-state index < -0.39 is 0 Å². The molecule has 4 nitrogen and oxygen atoms in total. The molecule has 1 aliphatic rings. The molecule has 21 heavy (non-hydrogen) atoms. The molecule has 0 radical (unpaired) electrons. The average Bonchev–Trinajstić information content (AvgIpc) is 2.48. The number of halogens is 1. The van der Waals surface area contributed by atoms with Gasteiger partial charge < -0.3 is 10.2 Å². The fourth-order valence-electron chi connectivity index (χ4n) is 2.66. The Balaban J connectivity index is 1.95. The lowest BCUT2D eigenvalue weighted by Crippen LogP contribution is -2.49. The van der Waals surface area contributed by atoms with Crippen molar-refractivity contribution in [2.45, 2.75) is 39.8 Å². The standard InChI is InChI=1S/C16H27ClN4/c1-4-5-18-11-14-10-15(17)16(19-12-14)21-8-6-20(7-9-21)13(2)3/h10,12-13,18H,4-9,11H2,1-3H3. The molecule has 0 aromatic carbocycles. The first kappa shape index (κ1) is 16.5. The highest BCUT2D eigenvalue weighted by molar-refractivity contribution is 6.33. The van der Waals surface area contributed by atoms with Crippen LogP contribution < -0.4 is 10.2 Å². The fraction of sp³-hybridized carbons (Fsp3) is 0.688. The van der Waals surface area contributed by atoms with Crippen molar-refractivity contribution >= 4 is 17.4 Å². The predicted molar refractivity (Wildman–Crippen MR) is 90.2 cm³/mol. The van der Waals surface area contributed by atoms with Gasteiger partial charge in [0.15, 0.2) is 0 Å². The van der Waals surface area contributed by atoms with Gasteiger partial charge in [0, 0.05) is 45.0 Å². The number of nitrogens with zero attached hydrogens (tertiary/aromatic N) is 3. The van der Waals surface area contributed by atoms with Gasteiger partial charge in [-0.05, 0) is 38.4 Å². The van der Waals surface area contributed by atoms with Crippen molar-refractivity contribution in [1.29, 1.82) is 0 Å². The third-order valence-electron chi connectivity index (χ3n) is 3.98. The second kappa shape index (κ2) is 7.97. The van der Waals surface area contributed by atoms with Crippen LogP contribution in [-0.4, -0.2) is 48.6 Å². The molecule has 0 bridgehead atoms. The van der Waals surface area contributed by atoms with Gasteiger partial charge in [-0.25, -0.2) is 4.98 Å². The molecule has 0 unspecified atom stereocenters. The molecule has 2 heterocycles. The number of anilines is 1. The summed E-state index contributed by atoms with van der Waals surface area (Å²) in [5.74, 6) is 0.930. The Labute approximate surface area is 133 Å². The maximum Gasteiger partial charge on any atom is 0.147 e. The number of pyridine rings is 1. The summed E-state index contributed by atoms with van der Waals surface area (Å²) in [7, 11) is 0. The fourth-order valence-corrected chi connectivity index (χ4v) is 2.97. The zero-order valence-electron chi connectivity index (χ0n) is 13.4. The summed E-state index contributed by atoms with van der Waals surface area (Å²) >= 11 is 6.43. The van der Waals surface area contributed by atoms with Crippen molar-refractivity contribution in [3.63, 3.8) is 0 Å². The smallest absolute Gasteiger partial charge is 0.147 e. The molecule has 1 saturated heterocycles. The number of hydrogen-bond acceptors (Lipinski definition) is 4. The van der Waals surface area contributed by atoms with Crippen LogP contribution in [0.15, 0.2) is 12.3 Å². The molecule has 2 rings (SSSR count). The van der Waals surface area contributed by atoms with Crippen molar-refractivity contribution in [3.05, 3.63) is 22.8 Å². The van der Waals surface area contributed by atoms with E-state index in [1.807, 2.05) is 12.3 Å². The monoisotopic (exact) mass is 310 g/mol. The van der Waals surface area contributed by atoms with E-state index in [1.165, 1.54) is 0 Å². The molecule has 0 saturated carbocycles. The molecule has 0 spiro atoms. The summed E-state index contributed by atoms with van der Waals surface area (Å²) in [6.07, 6.45) is 3.08. The quantitative estimate of drug-likeness (QED) is 0.819. The maximum atomic E-state index is 6.43. The average molecular weight is 311 g/mol. The van der Waals surface area contributed by atoms with E-state index in [0.717, 1.165) is 62.1 Å². The Kier molecular flexibility index (Phi) is 6.27. The Morgan fingerprint density at radius 1 is 1.29 bits per heavy atom. The normalized spacial score (nSPS) is 16.7. The molecular weight excluding hydrogens is 284 g/mol. The summed E-state index contributed by atoms with van der Waals surface area (Å²) in [4.78, 5) is 9.38. The van der Waals surface area contributed by atoms with Crippen LogP contribution in [0.5, 0.6) is 0 Å². The van der Waals surface area contributed by atoms with Gasteiger partial charge in [-0.2, -0.15) is 0 Å². The SMILES string of the molecule is CCCNCc1cnc(N2CCN(C(C)C)CC2)c(Cl)c1. The van der Waals surface area contributed by atoms with Gasteiger partial charge in [-0.15, -0.1) is 0 Å². The number of nitrogens with one attached hydrogen (secondary N) is 1. The molecule has 1 fully saturated rings. The second-order valence-corrected chi connectivity index (χ2v) is 6.35. The van der Waals surface area contributed by atoms with E-state index in [4.69, 9.17) is 11.6 Å². The minimum atomic E-state index is 0.614. The maximum absolute atomic E-state index is 6.43. The highest BCUT2D eigenvalue weighted by atomic mass is 35.5. The van der Waals surface area contributed by atoms with Gasteiger partial charge in [0.2, 0.25) is 0 Å². The van der Waals surface area contributed by atoms with Gasteiger partial charge in [0.25, 0.3) is 0 Å². The largest absolute Gasteiger partial charge is 0.353 e. The van der Waals surface area contributed by atoms with Gasteiger partial charge in [0.05, 0.1) is 5.02 Å². The predicted octanol–water partition coefficient (Wildman–Crippen LogP) is 2.77. The van der Waals surface area contributed by atoms with Crippen LogP contribution in [0.3, 0.4) is 0 Å². The van der Waals surface area contributed by atoms with Crippen LogP contribution >= 0.6 is 11.6 Å². The molecule has 118 valence electrons. The van der Waals surface area contributed by atoms with Gasteiger partial charge in [0.1, 0.15) is 5.82 Å². The van der Waals surface area contributed by atoms with E-state index >= 15 is 0 Å². The highest BCUT2D eigenvalue weighted by Gasteiger charge is 2.21. The lowest BCUT2D eigenvalue weighted by atomic mass is 10.2. The van der Waals surface area contributed by atoms with Crippen molar-refractivity contribution in [2.24, 2.45) is 0 Å². The highest BCUT2D eigenvalue weighted by Crippen LogP contribution is 2.25. The van der Waals surface area contributed by atoms with Crippen molar-refractivity contribution in [2.75, 3.05) is 37.6 Å². The van der Waals surface area contributed by atoms with E-state index in [-0.39, 0.29) is 0 Å². The van der Waals surface area contributed by atoms with E-state index in [1.54, 1.807) is 0 Å². The summed E-state index contributed by atoms with van der Waals surface area (Å²) < 4.78 is 0. The lowest BCUT2D eigenvalue weighted by molar-refractivity contribution is 0.209. The zero-order valence-corrected chi connectivity index (χ0v) is 14.2. The molecule has 1 aromatic heterocycles. The topological polar surface area (TPSA) is 31.4 Å². The molecule has 0 amide bonds. The number of rotatable bonds is 6. The molecule has 5 heteroatoms. The van der Waals surface area contributed by atoms with Gasteiger partial charge in [-0.1, -0.05) is 18.5 Å². The first-order valence-corrected chi connectivity index (χ1v) is 8.33. The summed E-state index contributed by atoms with van der Waals surface area (Å²) in [6.45, 7) is 12.7. The van der Waals surface area contributed by atoms with Crippen LogP contribution in [0.1, 0.15) is 32.8 Å². The summed E-state index contributed by atoms with van der Waals surface area (Å²) in [5, 5.41) is 4.14. The number of aromatic nitrogens is 1. The molecule has 1 aliphatic heterocycles. The Hall–Kier alpha value is -0.840. The molecular formula is C16H27ClN4. The zero-order chi connectivity index (χ0) is 15.2. The van der Waals surface area contributed by atoms with Crippen LogP contribution in [0.2, 0.25) is 5.02 Å². The Bertz CT molecular complexity index is 442. The lowest BCUT2D eigenvalue weighted by Gasteiger charge is -2.37. The first-order chi connectivity index (χ1) is 10.1. The van der Waals surface area contributed by atoms with Crippen LogP contribution in [0.4, 0.5) is 5.82 Å². The van der Waals surface area contributed by atoms with Gasteiger partial charge in [-0.3, -0.25) is 4.90 Å². The van der Waals surface area contributed by atoms with Crippen molar-refractivity contribution in [3.8, 4) is 0 Å². The molecule has 0 aliphatic carbocycles. The van der Waals surface area contributed by atoms with Gasteiger partial charge >= 0.3 is 0 Å². The van der Waals surface area contributed by atoms with Crippen LogP contribution in [0, 0.1) is 0 Å². The number of hydrogen-bond donors (Lipinski definition) is 1. The van der Waals surface area contributed by atoms with E-state index in [9.17, 15) is 0 Å². The second-order valence-electron chi connectivity index (χ2n) is 5.94. The minimum Gasteiger partial charge on any atom is -0.353 e. The van der Waals surface area contributed by atoms with E-state index in [2.05, 4.69) is 40.9 Å². The number of piperazine rings is 1. The Morgan fingerprint density at radius 2 is 2.00 bits per heavy atom. The van der Waals surface area contributed by atoms with E-state index in [0.29, 0.717) is 6.04 Å². The molecule has 0 atom stereocenters. The third-order valence-corrected chi connectivity index (χ3v) is 4.26. The van der Waals surface area contributed by atoms with Crippen LogP contribution in [-0.2, 0) is 6.54 Å². The summed E-state index contributed by atoms with van der Waals surface area (Å²) in [6, 6.07) is 2.66. The minimum absolute atomic E-state index is 0.614. The van der Waals surface area contributed by atoms with Crippen LogP contribution in [0.25, 0.3) is 0 Å². The Morgan fingerprint density at radius 3 is 2.57 bits per heavy atom. The molecule has 1 N–H and O–H groups in total. The first-order valence-electron chi connectivity index (χ1n) is 7.96. The van der Waals surface area contributed by atoms with Crippen molar-refractivity contribution < 1.29 is 0 Å². The third kappa shape index (κ3) is 4.56. The molecule has 1 aromatic rings.